The molecule has 3 N–H and O–H groups in total. The van der Waals surface area contributed by atoms with E-state index in [2.05, 4.69) is 39.8 Å². The topological polar surface area (TPSA) is 64.6 Å². The van der Waals surface area contributed by atoms with Gasteiger partial charge in [0.05, 0.1) is 6.10 Å². The lowest BCUT2D eigenvalue weighted by Gasteiger charge is -2.18. The summed E-state index contributed by atoms with van der Waals surface area (Å²) >= 11 is 1.52. The fraction of sp³-hybridized carbons (Fsp3) is 0.278. The van der Waals surface area contributed by atoms with Crippen LogP contribution >= 0.6 is 11.3 Å². The Labute approximate surface area is 145 Å². The van der Waals surface area contributed by atoms with Crippen molar-refractivity contribution in [3.63, 3.8) is 0 Å². The van der Waals surface area contributed by atoms with Crippen molar-refractivity contribution in [2.75, 3.05) is 24.5 Å². The molecule has 0 spiro atoms. The maximum atomic E-state index is 11.9. The third-order valence-electron chi connectivity index (χ3n) is 3.93. The Balaban J connectivity index is 1.45. The van der Waals surface area contributed by atoms with Crippen LogP contribution in [0.15, 0.2) is 53.2 Å². The lowest BCUT2D eigenvalue weighted by Crippen LogP contribution is -2.37. The summed E-state index contributed by atoms with van der Waals surface area (Å²) in [6.07, 6.45) is 3.63. The van der Waals surface area contributed by atoms with Crippen molar-refractivity contribution >= 4 is 23.1 Å². The minimum Gasteiger partial charge on any atom is -0.387 e. The molecule has 0 aliphatic carbocycles. The third kappa shape index (κ3) is 4.37. The molecular weight excluding hydrogens is 322 g/mol. The number of aliphatic hydroxyl groups is 1. The molecule has 1 aromatic heterocycles. The standard InChI is InChI=1S/C18H21N3O2S/c22-17(15-6-9-24-13-15)12-20-18(23)19-11-14-4-3-5-16(10-14)21-7-1-2-8-21/h1-6,9-10,13,17,22H,7-8,11-12H2,(H2,19,20,23). The molecule has 0 saturated heterocycles. The number of hydrogen-bond acceptors (Lipinski definition) is 4. The molecular formula is C18H21N3O2S. The molecule has 24 heavy (non-hydrogen) atoms. The minimum atomic E-state index is -0.673. The number of amides is 2. The number of benzene rings is 1. The Bertz CT molecular complexity index is 692. The molecule has 126 valence electrons. The molecule has 0 saturated carbocycles. The van der Waals surface area contributed by atoms with Crippen LogP contribution < -0.4 is 15.5 Å². The Kier molecular flexibility index (Phi) is 5.51. The van der Waals surface area contributed by atoms with Gasteiger partial charge in [-0.3, -0.25) is 0 Å². The molecule has 0 bridgehead atoms. The van der Waals surface area contributed by atoms with Crippen LogP contribution in [0.1, 0.15) is 17.2 Å². The Hall–Kier alpha value is -2.31. The first-order chi connectivity index (χ1) is 11.7. The van der Waals surface area contributed by atoms with Crippen molar-refractivity contribution in [3.8, 4) is 0 Å². The van der Waals surface area contributed by atoms with E-state index in [-0.39, 0.29) is 12.6 Å². The highest BCUT2D eigenvalue weighted by molar-refractivity contribution is 7.07. The lowest BCUT2D eigenvalue weighted by molar-refractivity contribution is 0.173. The van der Waals surface area contributed by atoms with Gasteiger partial charge in [-0.2, -0.15) is 11.3 Å². The van der Waals surface area contributed by atoms with Gasteiger partial charge in [-0.15, -0.1) is 0 Å². The van der Waals surface area contributed by atoms with Gasteiger partial charge in [-0.05, 0) is 40.1 Å². The molecule has 1 aliphatic heterocycles. The zero-order chi connectivity index (χ0) is 16.8. The summed E-state index contributed by atoms with van der Waals surface area (Å²) in [6, 6.07) is 9.74. The number of nitrogens with zero attached hydrogens (tertiary/aromatic N) is 1. The largest absolute Gasteiger partial charge is 0.387 e. The fourth-order valence-corrected chi connectivity index (χ4v) is 3.28. The van der Waals surface area contributed by atoms with Gasteiger partial charge >= 0.3 is 6.03 Å². The summed E-state index contributed by atoms with van der Waals surface area (Å²) in [5.41, 5.74) is 3.03. The highest BCUT2D eigenvalue weighted by Gasteiger charge is 2.10. The summed E-state index contributed by atoms with van der Waals surface area (Å²) in [6.45, 7) is 2.51. The number of aliphatic hydroxyl groups excluding tert-OH is 1. The van der Waals surface area contributed by atoms with E-state index >= 15 is 0 Å². The maximum Gasteiger partial charge on any atom is 0.315 e. The Morgan fingerprint density at radius 1 is 1.25 bits per heavy atom. The molecule has 2 amide bonds. The number of carbonyl (C=O) groups is 1. The van der Waals surface area contributed by atoms with E-state index in [0.29, 0.717) is 6.54 Å². The Morgan fingerprint density at radius 2 is 2.08 bits per heavy atom. The number of thiophene rings is 1. The summed E-state index contributed by atoms with van der Waals surface area (Å²) in [5.74, 6) is 0. The molecule has 2 aromatic rings. The summed E-state index contributed by atoms with van der Waals surface area (Å²) in [7, 11) is 0. The first kappa shape index (κ1) is 16.5. The van der Waals surface area contributed by atoms with Gasteiger partial charge in [0, 0.05) is 31.9 Å². The van der Waals surface area contributed by atoms with Crippen molar-refractivity contribution in [1.29, 1.82) is 0 Å². The van der Waals surface area contributed by atoms with Crippen LogP contribution in [0.4, 0.5) is 10.5 Å². The van der Waals surface area contributed by atoms with E-state index in [1.54, 1.807) is 0 Å². The zero-order valence-electron chi connectivity index (χ0n) is 13.3. The quantitative estimate of drug-likeness (QED) is 0.707. The molecule has 2 heterocycles. The van der Waals surface area contributed by atoms with Crippen LogP contribution in [0, 0.1) is 0 Å². The number of anilines is 1. The second kappa shape index (κ2) is 7.99. The molecule has 6 heteroatoms. The number of carbonyl (C=O) groups excluding carboxylic acids is 1. The van der Waals surface area contributed by atoms with E-state index in [9.17, 15) is 9.90 Å². The molecule has 1 aromatic carbocycles. The predicted molar refractivity (Wildman–Crippen MR) is 97.3 cm³/mol. The van der Waals surface area contributed by atoms with Crippen LogP contribution in [0.3, 0.4) is 0 Å². The second-order valence-corrected chi connectivity index (χ2v) is 6.46. The minimum absolute atomic E-state index is 0.196. The Morgan fingerprint density at radius 3 is 2.83 bits per heavy atom. The van der Waals surface area contributed by atoms with Crippen molar-refractivity contribution in [3.05, 3.63) is 64.4 Å². The van der Waals surface area contributed by atoms with E-state index in [0.717, 1.165) is 29.9 Å². The van der Waals surface area contributed by atoms with Gasteiger partial charge < -0.3 is 20.6 Å². The van der Waals surface area contributed by atoms with Crippen LogP contribution in [-0.2, 0) is 6.54 Å². The van der Waals surface area contributed by atoms with Crippen molar-refractivity contribution < 1.29 is 9.90 Å². The first-order valence-electron chi connectivity index (χ1n) is 7.93. The predicted octanol–water partition coefficient (Wildman–Crippen LogP) is 2.66. The van der Waals surface area contributed by atoms with Gasteiger partial charge in [0.2, 0.25) is 0 Å². The SMILES string of the molecule is O=C(NCc1cccc(N2CC=CC2)c1)NCC(O)c1ccsc1. The molecule has 3 rings (SSSR count). The normalized spacial score (nSPS) is 14.6. The highest BCUT2D eigenvalue weighted by Crippen LogP contribution is 2.18. The first-order valence-corrected chi connectivity index (χ1v) is 8.87. The number of rotatable bonds is 6. The maximum absolute atomic E-state index is 11.9. The molecule has 0 radical (unpaired) electrons. The van der Waals surface area contributed by atoms with Crippen molar-refractivity contribution in [2.45, 2.75) is 12.6 Å². The summed E-state index contributed by atoms with van der Waals surface area (Å²) in [4.78, 5) is 14.1. The number of urea groups is 1. The van der Waals surface area contributed by atoms with Crippen LogP contribution in [0.25, 0.3) is 0 Å². The van der Waals surface area contributed by atoms with Gasteiger partial charge in [0.15, 0.2) is 0 Å². The lowest BCUT2D eigenvalue weighted by atomic mass is 10.2. The smallest absolute Gasteiger partial charge is 0.315 e. The fourth-order valence-electron chi connectivity index (χ4n) is 2.57. The average Bonchev–Trinajstić information content (AvgIpc) is 3.31. The van der Waals surface area contributed by atoms with Gasteiger partial charge in [-0.1, -0.05) is 24.3 Å². The second-order valence-electron chi connectivity index (χ2n) is 5.68. The molecule has 5 nitrogen and oxygen atoms in total. The van der Waals surface area contributed by atoms with E-state index in [1.807, 2.05) is 29.0 Å². The van der Waals surface area contributed by atoms with Crippen molar-refractivity contribution in [2.24, 2.45) is 0 Å². The van der Waals surface area contributed by atoms with Gasteiger partial charge in [0.25, 0.3) is 0 Å². The molecule has 1 unspecified atom stereocenters. The summed E-state index contributed by atoms with van der Waals surface area (Å²) < 4.78 is 0. The summed E-state index contributed by atoms with van der Waals surface area (Å²) in [5, 5.41) is 19.3. The third-order valence-corrected chi connectivity index (χ3v) is 4.63. The molecule has 1 aliphatic rings. The van der Waals surface area contributed by atoms with E-state index in [1.165, 1.54) is 11.3 Å². The average molecular weight is 343 g/mol. The molecule has 1 atom stereocenters. The van der Waals surface area contributed by atoms with Crippen LogP contribution in [-0.4, -0.2) is 30.8 Å². The number of hydrogen-bond donors (Lipinski definition) is 3. The van der Waals surface area contributed by atoms with Crippen molar-refractivity contribution in [1.82, 2.24) is 10.6 Å². The highest BCUT2D eigenvalue weighted by atomic mass is 32.1. The monoisotopic (exact) mass is 343 g/mol. The van der Waals surface area contributed by atoms with Gasteiger partial charge in [0.1, 0.15) is 0 Å². The zero-order valence-corrected chi connectivity index (χ0v) is 14.1. The van der Waals surface area contributed by atoms with Gasteiger partial charge in [-0.25, -0.2) is 4.79 Å². The van der Waals surface area contributed by atoms with E-state index in [4.69, 9.17) is 0 Å². The van der Waals surface area contributed by atoms with Crippen LogP contribution in [0.5, 0.6) is 0 Å². The molecule has 0 fully saturated rings. The van der Waals surface area contributed by atoms with Crippen LogP contribution in [0.2, 0.25) is 0 Å². The van der Waals surface area contributed by atoms with E-state index < -0.39 is 6.10 Å². The number of nitrogens with one attached hydrogen (secondary N) is 2.